The Labute approximate surface area is 188 Å². The molecule has 0 unspecified atom stereocenters. The topological polar surface area (TPSA) is 69.0 Å². The Hall–Kier alpha value is -2.58. The molecule has 0 bridgehead atoms. The number of halogens is 1. The van der Waals surface area contributed by atoms with E-state index in [9.17, 15) is 4.79 Å². The van der Waals surface area contributed by atoms with Crippen molar-refractivity contribution >= 4 is 39.3 Å². The lowest BCUT2D eigenvalue weighted by molar-refractivity contribution is -0.113. The van der Waals surface area contributed by atoms with Crippen molar-refractivity contribution in [3.05, 3.63) is 76.5 Å². The first kappa shape index (κ1) is 22.1. The Balaban J connectivity index is 1.61. The normalized spacial score (nSPS) is 10.6. The van der Waals surface area contributed by atoms with Gasteiger partial charge in [-0.05, 0) is 55.3 Å². The van der Waals surface area contributed by atoms with Gasteiger partial charge in [-0.3, -0.25) is 9.36 Å². The van der Waals surface area contributed by atoms with Crippen molar-refractivity contribution in [2.45, 2.75) is 32.2 Å². The summed E-state index contributed by atoms with van der Waals surface area (Å²) in [6.45, 7) is 8.62. The van der Waals surface area contributed by atoms with Gasteiger partial charge in [0.05, 0.1) is 5.75 Å². The minimum Gasteiger partial charge on any atom is -0.486 e. The monoisotopic (exact) mass is 486 g/mol. The molecule has 8 heteroatoms. The predicted molar refractivity (Wildman–Crippen MR) is 124 cm³/mol. The molecule has 1 heterocycles. The van der Waals surface area contributed by atoms with E-state index in [1.54, 1.807) is 6.08 Å². The SMILES string of the molecule is C=CCn1c(COc2cccc(C)c2)nnc1SCC(=O)Nc1ccc(Br)c(C)c1. The summed E-state index contributed by atoms with van der Waals surface area (Å²) in [6.07, 6.45) is 1.77. The van der Waals surface area contributed by atoms with E-state index in [0.717, 1.165) is 27.0 Å². The number of allylic oxidation sites excluding steroid dienone is 1. The molecule has 6 nitrogen and oxygen atoms in total. The van der Waals surface area contributed by atoms with Gasteiger partial charge in [0, 0.05) is 16.7 Å². The quantitative estimate of drug-likeness (QED) is 0.334. The highest BCUT2D eigenvalue weighted by Gasteiger charge is 2.14. The zero-order valence-corrected chi connectivity index (χ0v) is 19.3. The van der Waals surface area contributed by atoms with Crippen molar-refractivity contribution in [1.29, 1.82) is 0 Å². The molecule has 0 aliphatic carbocycles. The molecule has 3 aromatic rings. The zero-order chi connectivity index (χ0) is 21.5. The summed E-state index contributed by atoms with van der Waals surface area (Å²) in [7, 11) is 0. The highest BCUT2D eigenvalue weighted by Crippen LogP contribution is 2.22. The second kappa shape index (κ2) is 10.4. The predicted octanol–water partition coefficient (Wildman–Crippen LogP) is 5.15. The zero-order valence-electron chi connectivity index (χ0n) is 16.9. The molecule has 0 atom stereocenters. The lowest BCUT2D eigenvalue weighted by atomic mass is 10.2. The summed E-state index contributed by atoms with van der Waals surface area (Å²) in [5.41, 5.74) is 2.95. The molecule has 30 heavy (non-hydrogen) atoms. The Morgan fingerprint density at radius 2 is 2.10 bits per heavy atom. The van der Waals surface area contributed by atoms with Crippen LogP contribution in [0.15, 0.2) is 64.7 Å². The van der Waals surface area contributed by atoms with Crippen LogP contribution in [-0.2, 0) is 17.9 Å². The van der Waals surface area contributed by atoms with Crippen LogP contribution >= 0.6 is 27.7 Å². The molecule has 3 rings (SSSR count). The van der Waals surface area contributed by atoms with E-state index in [1.165, 1.54) is 11.8 Å². The molecule has 2 aromatic carbocycles. The number of nitrogens with one attached hydrogen (secondary N) is 1. The van der Waals surface area contributed by atoms with E-state index < -0.39 is 0 Å². The summed E-state index contributed by atoms with van der Waals surface area (Å²) in [6, 6.07) is 13.5. The van der Waals surface area contributed by atoms with Crippen LogP contribution in [-0.4, -0.2) is 26.4 Å². The number of rotatable bonds is 9. The van der Waals surface area contributed by atoms with Crippen LogP contribution in [0.1, 0.15) is 17.0 Å². The average molecular weight is 487 g/mol. The Morgan fingerprint density at radius 3 is 2.83 bits per heavy atom. The van der Waals surface area contributed by atoms with Crippen molar-refractivity contribution in [3.63, 3.8) is 0 Å². The number of nitrogens with zero attached hydrogens (tertiary/aromatic N) is 3. The number of benzene rings is 2. The number of hydrogen-bond acceptors (Lipinski definition) is 5. The molecule has 1 aromatic heterocycles. The first-order chi connectivity index (χ1) is 14.5. The molecule has 156 valence electrons. The fraction of sp³-hybridized carbons (Fsp3) is 0.227. The molecule has 1 N–H and O–H groups in total. The van der Waals surface area contributed by atoms with Crippen molar-refractivity contribution in [2.75, 3.05) is 11.1 Å². The third-order valence-corrected chi connectivity index (χ3v) is 6.09. The molecular weight excluding hydrogens is 464 g/mol. The smallest absolute Gasteiger partial charge is 0.234 e. The number of carbonyl (C=O) groups excluding carboxylic acids is 1. The van der Waals surface area contributed by atoms with Crippen molar-refractivity contribution in [3.8, 4) is 5.75 Å². The van der Waals surface area contributed by atoms with Crippen molar-refractivity contribution < 1.29 is 9.53 Å². The third kappa shape index (κ3) is 5.96. The third-order valence-electron chi connectivity index (χ3n) is 4.24. The Morgan fingerprint density at radius 1 is 1.27 bits per heavy atom. The molecule has 0 spiro atoms. The van der Waals surface area contributed by atoms with E-state index in [1.807, 2.05) is 60.9 Å². The molecule has 1 amide bonds. The fourth-order valence-corrected chi connectivity index (χ4v) is 3.76. The van der Waals surface area contributed by atoms with Gasteiger partial charge in [-0.2, -0.15) is 0 Å². The number of aryl methyl sites for hydroxylation is 2. The lowest BCUT2D eigenvalue weighted by Gasteiger charge is -2.10. The van der Waals surface area contributed by atoms with Gasteiger partial charge in [0.25, 0.3) is 0 Å². The fourth-order valence-electron chi connectivity index (χ4n) is 2.75. The van der Waals surface area contributed by atoms with Crippen LogP contribution in [0, 0.1) is 13.8 Å². The van der Waals surface area contributed by atoms with Crippen molar-refractivity contribution in [1.82, 2.24) is 14.8 Å². The summed E-state index contributed by atoms with van der Waals surface area (Å²) in [5.74, 6) is 1.58. The molecule has 0 saturated carbocycles. The van der Waals surface area contributed by atoms with Gasteiger partial charge in [0.2, 0.25) is 5.91 Å². The summed E-state index contributed by atoms with van der Waals surface area (Å²) in [4.78, 5) is 12.4. The number of ether oxygens (including phenoxy) is 1. The van der Waals surface area contributed by atoms with E-state index in [4.69, 9.17) is 4.74 Å². The van der Waals surface area contributed by atoms with Crippen LogP contribution in [0.3, 0.4) is 0 Å². The second-order valence-corrected chi connectivity index (χ2v) is 8.50. The van der Waals surface area contributed by atoms with Gasteiger partial charge < -0.3 is 10.1 Å². The maximum absolute atomic E-state index is 12.4. The van der Waals surface area contributed by atoms with E-state index in [0.29, 0.717) is 17.5 Å². The number of aromatic nitrogens is 3. The number of anilines is 1. The van der Waals surface area contributed by atoms with Gasteiger partial charge >= 0.3 is 0 Å². The van der Waals surface area contributed by atoms with Crippen LogP contribution in [0.25, 0.3) is 0 Å². The highest BCUT2D eigenvalue weighted by molar-refractivity contribution is 9.10. The van der Waals surface area contributed by atoms with Gasteiger partial charge in [-0.1, -0.05) is 45.9 Å². The number of thioether (sulfide) groups is 1. The molecule has 0 aliphatic heterocycles. The largest absolute Gasteiger partial charge is 0.486 e. The first-order valence-electron chi connectivity index (χ1n) is 9.37. The van der Waals surface area contributed by atoms with Crippen LogP contribution in [0.4, 0.5) is 5.69 Å². The van der Waals surface area contributed by atoms with Gasteiger partial charge in [0.1, 0.15) is 12.4 Å². The maximum Gasteiger partial charge on any atom is 0.234 e. The summed E-state index contributed by atoms with van der Waals surface area (Å²) < 4.78 is 8.76. The first-order valence-corrected chi connectivity index (χ1v) is 11.2. The Bertz CT molecular complexity index is 1050. The van der Waals surface area contributed by atoms with Crippen LogP contribution in [0.2, 0.25) is 0 Å². The molecule has 0 radical (unpaired) electrons. The lowest BCUT2D eigenvalue weighted by Crippen LogP contribution is -2.15. The molecular formula is C22H23BrN4O2S. The minimum absolute atomic E-state index is 0.104. The minimum atomic E-state index is -0.104. The number of carbonyl (C=O) groups is 1. The van der Waals surface area contributed by atoms with Gasteiger partial charge in [-0.25, -0.2) is 0 Å². The summed E-state index contributed by atoms with van der Waals surface area (Å²) in [5, 5.41) is 12.0. The molecule has 0 saturated heterocycles. The summed E-state index contributed by atoms with van der Waals surface area (Å²) >= 11 is 4.79. The maximum atomic E-state index is 12.4. The van der Waals surface area contributed by atoms with Crippen LogP contribution < -0.4 is 10.1 Å². The van der Waals surface area contributed by atoms with Crippen LogP contribution in [0.5, 0.6) is 5.75 Å². The number of amides is 1. The highest BCUT2D eigenvalue weighted by atomic mass is 79.9. The van der Waals surface area contributed by atoms with Gasteiger partial charge in [0.15, 0.2) is 11.0 Å². The Kier molecular flexibility index (Phi) is 7.70. The van der Waals surface area contributed by atoms with E-state index >= 15 is 0 Å². The molecule has 0 fully saturated rings. The number of hydrogen-bond donors (Lipinski definition) is 1. The van der Waals surface area contributed by atoms with Crippen molar-refractivity contribution in [2.24, 2.45) is 0 Å². The molecule has 0 aliphatic rings. The van der Waals surface area contributed by atoms with E-state index in [-0.39, 0.29) is 18.3 Å². The average Bonchev–Trinajstić information content (AvgIpc) is 3.10. The van der Waals surface area contributed by atoms with Gasteiger partial charge in [-0.15, -0.1) is 16.8 Å². The van der Waals surface area contributed by atoms with E-state index in [2.05, 4.69) is 38.0 Å². The standard InChI is InChI=1S/C22H23BrN4O2S/c1-4-10-27-20(13-29-18-7-5-6-15(2)11-18)25-26-22(27)30-14-21(28)24-17-8-9-19(23)16(3)12-17/h4-9,11-12H,1,10,13-14H2,2-3H3,(H,24,28). The second-order valence-electron chi connectivity index (χ2n) is 6.70.